The Balaban J connectivity index is 1.56. The van der Waals surface area contributed by atoms with E-state index in [1.165, 1.54) is 11.1 Å². The lowest BCUT2D eigenvalue weighted by Gasteiger charge is -2.25. The summed E-state index contributed by atoms with van der Waals surface area (Å²) in [4.78, 5) is 12.3. The van der Waals surface area contributed by atoms with Crippen LogP contribution in [-0.4, -0.2) is 34.3 Å². The van der Waals surface area contributed by atoms with Crippen molar-refractivity contribution in [2.45, 2.75) is 45.1 Å². The molecule has 6 nitrogen and oxygen atoms in total. The number of ether oxygens (including phenoxy) is 1. The molecule has 1 aliphatic rings. The molecular weight excluding hydrogens is 336 g/mol. The molecule has 1 aromatic carbocycles. The first-order valence-electron chi connectivity index (χ1n) is 8.64. The third-order valence-electron chi connectivity index (χ3n) is 4.83. The summed E-state index contributed by atoms with van der Waals surface area (Å²) >= 11 is 5.17. The average molecular weight is 360 g/mol. The van der Waals surface area contributed by atoms with Crippen LogP contribution in [0, 0.1) is 11.7 Å². The Kier molecular flexibility index (Phi) is 5.53. The van der Waals surface area contributed by atoms with E-state index in [1.54, 1.807) is 7.11 Å². The number of nitrogens with zero attached hydrogens (tertiary/aromatic N) is 2. The molecule has 0 saturated heterocycles. The first kappa shape index (κ1) is 17.7. The Hall–Kier alpha value is -2.15. The van der Waals surface area contributed by atoms with Crippen LogP contribution in [0.25, 0.3) is 0 Å². The van der Waals surface area contributed by atoms with Crippen molar-refractivity contribution in [3.05, 3.63) is 39.9 Å². The van der Waals surface area contributed by atoms with Crippen LogP contribution in [0.1, 0.15) is 42.1 Å². The molecule has 1 atom stereocenters. The molecule has 1 aliphatic carbocycles. The number of methoxy groups -OCH3 is 1. The molecule has 0 bridgehead atoms. The van der Waals surface area contributed by atoms with Crippen molar-refractivity contribution >= 4 is 18.1 Å². The number of hydrogen-bond donors (Lipinski definition) is 2. The minimum atomic E-state index is 0.0846. The summed E-state index contributed by atoms with van der Waals surface area (Å²) in [7, 11) is 1.68. The Labute approximate surface area is 152 Å². The van der Waals surface area contributed by atoms with Gasteiger partial charge in [-0.2, -0.15) is 5.10 Å². The first-order chi connectivity index (χ1) is 12.1. The number of nitrogens with one attached hydrogen (secondary N) is 2. The van der Waals surface area contributed by atoms with Gasteiger partial charge in [-0.1, -0.05) is 6.07 Å². The van der Waals surface area contributed by atoms with Gasteiger partial charge in [0.2, 0.25) is 5.91 Å². The van der Waals surface area contributed by atoms with Crippen LogP contribution < -0.4 is 10.1 Å². The summed E-state index contributed by atoms with van der Waals surface area (Å²) in [6.45, 7) is 3.07. The van der Waals surface area contributed by atoms with E-state index in [2.05, 4.69) is 27.6 Å². The molecule has 0 fully saturated rings. The highest BCUT2D eigenvalue weighted by atomic mass is 32.1. The maximum absolute atomic E-state index is 12.3. The zero-order valence-corrected chi connectivity index (χ0v) is 15.5. The molecule has 3 rings (SSSR count). The number of carbonyl (C=O) groups is 1. The Bertz CT molecular complexity index is 812. The molecule has 1 heterocycles. The van der Waals surface area contributed by atoms with Crippen LogP contribution in [0.3, 0.4) is 0 Å². The standard InChI is InChI=1S/C18H24N4O2S/c1-12-20-21-18(25)22(12)9-8-19-17(23)11-14-5-3-4-13-10-15(24-2)6-7-16(13)14/h6-7,10,14H,3-5,8-9,11H2,1-2H3,(H,19,23)(H,21,25)/t14-/m0/s1. The largest absolute Gasteiger partial charge is 0.497 e. The van der Waals surface area contributed by atoms with Gasteiger partial charge in [0.25, 0.3) is 0 Å². The SMILES string of the molecule is COc1ccc2c(c1)CCC[C@H]2CC(=O)NCCn1c(C)n[nH]c1=S. The number of rotatable bonds is 6. The summed E-state index contributed by atoms with van der Waals surface area (Å²) in [6.07, 6.45) is 3.75. The number of H-pyrrole nitrogens is 1. The van der Waals surface area contributed by atoms with E-state index < -0.39 is 0 Å². The van der Waals surface area contributed by atoms with Crippen molar-refractivity contribution in [2.75, 3.05) is 13.7 Å². The zero-order valence-electron chi connectivity index (χ0n) is 14.7. The quantitative estimate of drug-likeness (QED) is 0.777. The molecular formula is C18H24N4O2S. The second kappa shape index (κ2) is 7.82. The molecule has 0 aliphatic heterocycles. The van der Waals surface area contributed by atoms with Crippen molar-refractivity contribution in [1.29, 1.82) is 0 Å². The van der Waals surface area contributed by atoms with Gasteiger partial charge in [-0.05, 0) is 67.6 Å². The summed E-state index contributed by atoms with van der Waals surface area (Å²) in [6, 6.07) is 6.20. The highest BCUT2D eigenvalue weighted by Crippen LogP contribution is 2.35. The zero-order chi connectivity index (χ0) is 17.8. The summed E-state index contributed by atoms with van der Waals surface area (Å²) < 4.78 is 7.78. The maximum atomic E-state index is 12.3. The van der Waals surface area contributed by atoms with Crippen molar-refractivity contribution in [2.24, 2.45) is 0 Å². The van der Waals surface area contributed by atoms with E-state index in [0.29, 0.717) is 24.3 Å². The molecule has 0 radical (unpaired) electrons. The van der Waals surface area contributed by atoms with Crippen LogP contribution in [0.2, 0.25) is 0 Å². The maximum Gasteiger partial charge on any atom is 0.220 e. The van der Waals surface area contributed by atoms with Crippen LogP contribution in [0.15, 0.2) is 18.2 Å². The molecule has 134 valence electrons. The Morgan fingerprint density at radius 3 is 3.08 bits per heavy atom. The van der Waals surface area contributed by atoms with Gasteiger partial charge >= 0.3 is 0 Å². The lowest BCUT2D eigenvalue weighted by molar-refractivity contribution is -0.121. The number of amides is 1. The minimum Gasteiger partial charge on any atom is -0.497 e. The molecule has 25 heavy (non-hydrogen) atoms. The van der Waals surface area contributed by atoms with E-state index >= 15 is 0 Å². The number of fused-ring (bicyclic) bond motifs is 1. The van der Waals surface area contributed by atoms with Gasteiger partial charge in [-0.15, -0.1) is 0 Å². The molecule has 0 spiro atoms. The number of benzene rings is 1. The minimum absolute atomic E-state index is 0.0846. The predicted octanol–water partition coefficient (Wildman–Crippen LogP) is 2.88. The van der Waals surface area contributed by atoms with Gasteiger partial charge in [0.15, 0.2) is 4.77 Å². The van der Waals surface area contributed by atoms with Gasteiger partial charge < -0.3 is 14.6 Å². The van der Waals surface area contributed by atoms with Crippen molar-refractivity contribution in [3.8, 4) is 5.75 Å². The van der Waals surface area contributed by atoms with Crippen LogP contribution in [-0.2, 0) is 17.8 Å². The van der Waals surface area contributed by atoms with Gasteiger partial charge in [0.1, 0.15) is 11.6 Å². The molecule has 1 amide bonds. The molecule has 0 saturated carbocycles. The summed E-state index contributed by atoms with van der Waals surface area (Å²) in [5.41, 5.74) is 2.60. The van der Waals surface area contributed by atoms with E-state index in [0.717, 1.165) is 30.8 Å². The van der Waals surface area contributed by atoms with E-state index in [4.69, 9.17) is 17.0 Å². The van der Waals surface area contributed by atoms with Crippen molar-refractivity contribution in [1.82, 2.24) is 20.1 Å². The highest BCUT2D eigenvalue weighted by molar-refractivity contribution is 7.71. The molecule has 2 aromatic rings. The predicted molar refractivity (Wildman–Crippen MR) is 98.4 cm³/mol. The summed E-state index contributed by atoms with van der Waals surface area (Å²) in [5, 5.41) is 9.83. The third kappa shape index (κ3) is 4.10. The second-order valence-corrected chi connectivity index (χ2v) is 6.82. The van der Waals surface area contributed by atoms with Crippen molar-refractivity contribution in [3.63, 3.8) is 0 Å². The topological polar surface area (TPSA) is 71.9 Å². The fraction of sp³-hybridized carbons (Fsp3) is 0.500. The van der Waals surface area contributed by atoms with Crippen molar-refractivity contribution < 1.29 is 9.53 Å². The number of aromatic amines is 1. The molecule has 2 N–H and O–H groups in total. The first-order valence-corrected chi connectivity index (χ1v) is 9.04. The van der Waals surface area contributed by atoms with E-state index in [9.17, 15) is 4.79 Å². The number of aryl methyl sites for hydroxylation is 2. The third-order valence-corrected chi connectivity index (χ3v) is 5.14. The highest BCUT2D eigenvalue weighted by Gasteiger charge is 2.23. The van der Waals surface area contributed by atoms with E-state index in [1.807, 2.05) is 17.6 Å². The normalized spacial score (nSPS) is 16.3. The van der Waals surface area contributed by atoms with Gasteiger partial charge in [0.05, 0.1) is 7.11 Å². The molecule has 7 heteroatoms. The fourth-order valence-corrected chi connectivity index (χ4v) is 3.76. The van der Waals surface area contributed by atoms with Crippen LogP contribution in [0.4, 0.5) is 0 Å². The molecule has 0 unspecified atom stereocenters. The van der Waals surface area contributed by atoms with Gasteiger partial charge in [0, 0.05) is 19.5 Å². The number of aromatic nitrogens is 3. The summed E-state index contributed by atoms with van der Waals surface area (Å²) in [5.74, 6) is 2.08. The average Bonchev–Trinajstić information content (AvgIpc) is 2.93. The lowest BCUT2D eigenvalue weighted by atomic mass is 9.81. The molecule has 1 aromatic heterocycles. The van der Waals surface area contributed by atoms with Crippen LogP contribution in [0.5, 0.6) is 5.75 Å². The lowest BCUT2D eigenvalue weighted by Crippen LogP contribution is -2.29. The number of carbonyl (C=O) groups excluding carboxylic acids is 1. The van der Waals surface area contributed by atoms with Crippen LogP contribution >= 0.6 is 12.2 Å². The Morgan fingerprint density at radius 2 is 2.36 bits per heavy atom. The fourth-order valence-electron chi connectivity index (χ4n) is 3.49. The second-order valence-electron chi connectivity index (χ2n) is 6.44. The Morgan fingerprint density at radius 1 is 1.52 bits per heavy atom. The van der Waals surface area contributed by atoms with E-state index in [-0.39, 0.29) is 11.8 Å². The number of hydrogen-bond acceptors (Lipinski definition) is 4. The van der Waals surface area contributed by atoms with Gasteiger partial charge in [-0.25, -0.2) is 0 Å². The monoisotopic (exact) mass is 360 g/mol. The van der Waals surface area contributed by atoms with Gasteiger partial charge in [-0.3, -0.25) is 9.89 Å². The smallest absolute Gasteiger partial charge is 0.220 e.